The van der Waals surface area contributed by atoms with E-state index in [0.717, 1.165) is 25.8 Å². The van der Waals surface area contributed by atoms with Gasteiger partial charge in [-0.25, -0.2) is 0 Å². The van der Waals surface area contributed by atoms with Crippen molar-refractivity contribution in [3.05, 3.63) is 21.9 Å². The third kappa shape index (κ3) is 2.48. The fourth-order valence-corrected chi connectivity index (χ4v) is 4.29. The van der Waals surface area contributed by atoms with Crippen molar-refractivity contribution in [2.24, 2.45) is 0 Å². The summed E-state index contributed by atoms with van der Waals surface area (Å²) in [5.41, 5.74) is 2.38. The number of piperidine rings is 1. The molecule has 2 aliphatic rings. The molecule has 0 aliphatic carbocycles. The highest BCUT2D eigenvalue weighted by Gasteiger charge is 2.45. The second-order valence-electron chi connectivity index (χ2n) is 6.01. The average Bonchev–Trinajstić information content (AvgIpc) is 2.90. The first-order chi connectivity index (χ1) is 10.1. The van der Waals surface area contributed by atoms with Gasteiger partial charge >= 0.3 is 0 Å². The van der Waals surface area contributed by atoms with E-state index in [1.165, 1.54) is 11.1 Å². The van der Waals surface area contributed by atoms with Crippen molar-refractivity contribution in [3.63, 3.8) is 0 Å². The topological polar surface area (TPSA) is 40.6 Å². The number of fused-ring (bicyclic) bond motifs is 1. The van der Waals surface area contributed by atoms with Crippen LogP contribution in [0.4, 0.5) is 0 Å². The second kappa shape index (κ2) is 5.79. The first-order valence-electron chi connectivity index (χ1n) is 7.76. The maximum absolute atomic E-state index is 12.8. The molecule has 2 amide bonds. The molecule has 2 aliphatic heterocycles. The van der Waals surface area contributed by atoms with E-state index >= 15 is 0 Å². The number of piperazine rings is 1. The smallest absolute Gasteiger partial charge is 0.246 e. The van der Waals surface area contributed by atoms with E-state index in [9.17, 15) is 9.59 Å². The highest BCUT2D eigenvalue weighted by atomic mass is 32.1. The molecule has 1 aromatic rings. The molecule has 0 bridgehead atoms. The number of hydrogen-bond acceptors (Lipinski definition) is 3. The summed E-state index contributed by atoms with van der Waals surface area (Å²) in [6.45, 7) is 5.38. The Morgan fingerprint density at radius 1 is 1.24 bits per heavy atom. The Morgan fingerprint density at radius 3 is 2.71 bits per heavy atom. The molecular formula is C16H22N2O2S. The predicted molar refractivity (Wildman–Crippen MR) is 83.0 cm³/mol. The van der Waals surface area contributed by atoms with E-state index in [0.29, 0.717) is 13.0 Å². The lowest BCUT2D eigenvalue weighted by Crippen LogP contribution is -2.65. The average molecular weight is 306 g/mol. The Balaban J connectivity index is 1.88. The maximum Gasteiger partial charge on any atom is 0.246 e. The van der Waals surface area contributed by atoms with Gasteiger partial charge in [-0.05, 0) is 54.5 Å². The standard InChI is InChI=1S/C16H22N2O2S/c1-3-13-15(19)17-7-5-4-6-14(17)16(20)18(13)8-12-10-21-9-11(12)2/h9-10,13-14H,3-8H2,1-2H3. The molecule has 3 rings (SSSR count). The van der Waals surface area contributed by atoms with Crippen LogP contribution in [-0.4, -0.2) is 40.2 Å². The van der Waals surface area contributed by atoms with Gasteiger partial charge in [0.05, 0.1) is 0 Å². The van der Waals surface area contributed by atoms with E-state index < -0.39 is 0 Å². The van der Waals surface area contributed by atoms with E-state index in [2.05, 4.69) is 17.7 Å². The van der Waals surface area contributed by atoms with Crippen molar-refractivity contribution in [1.29, 1.82) is 0 Å². The first kappa shape index (κ1) is 14.6. The highest BCUT2D eigenvalue weighted by molar-refractivity contribution is 7.08. The second-order valence-corrected chi connectivity index (χ2v) is 6.76. The third-order valence-electron chi connectivity index (χ3n) is 4.70. The minimum atomic E-state index is -0.286. The zero-order chi connectivity index (χ0) is 15.0. The molecule has 114 valence electrons. The van der Waals surface area contributed by atoms with E-state index in [1.54, 1.807) is 11.3 Å². The van der Waals surface area contributed by atoms with Crippen molar-refractivity contribution in [3.8, 4) is 0 Å². The number of aryl methyl sites for hydroxylation is 1. The highest BCUT2D eigenvalue weighted by Crippen LogP contribution is 2.29. The summed E-state index contributed by atoms with van der Waals surface area (Å²) >= 11 is 1.66. The van der Waals surface area contributed by atoms with Crippen LogP contribution in [-0.2, 0) is 16.1 Å². The number of carbonyl (C=O) groups excluding carboxylic acids is 2. The van der Waals surface area contributed by atoms with Crippen LogP contribution in [0.3, 0.4) is 0 Å². The molecule has 0 saturated carbocycles. The Labute approximate surface area is 129 Å². The quantitative estimate of drug-likeness (QED) is 0.861. The minimum Gasteiger partial charge on any atom is -0.329 e. The van der Waals surface area contributed by atoms with Crippen LogP contribution in [0.25, 0.3) is 0 Å². The van der Waals surface area contributed by atoms with Gasteiger partial charge in [0.1, 0.15) is 12.1 Å². The van der Waals surface area contributed by atoms with Gasteiger partial charge in [-0.2, -0.15) is 11.3 Å². The van der Waals surface area contributed by atoms with Crippen LogP contribution in [0, 0.1) is 6.92 Å². The zero-order valence-corrected chi connectivity index (χ0v) is 13.5. The molecule has 2 atom stereocenters. The van der Waals surface area contributed by atoms with Gasteiger partial charge in [0.15, 0.2) is 0 Å². The fraction of sp³-hybridized carbons (Fsp3) is 0.625. The minimum absolute atomic E-state index is 0.145. The molecule has 0 aromatic carbocycles. The largest absolute Gasteiger partial charge is 0.329 e. The summed E-state index contributed by atoms with van der Waals surface area (Å²) in [6, 6.07) is -0.501. The molecule has 21 heavy (non-hydrogen) atoms. The predicted octanol–water partition coefficient (Wildman–Crippen LogP) is 2.56. The van der Waals surface area contributed by atoms with Gasteiger partial charge in [0.2, 0.25) is 11.8 Å². The van der Waals surface area contributed by atoms with Crippen LogP contribution in [0.15, 0.2) is 10.8 Å². The Kier molecular flexibility index (Phi) is 4.02. The van der Waals surface area contributed by atoms with Crippen LogP contribution in [0.2, 0.25) is 0 Å². The van der Waals surface area contributed by atoms with E-state index in [-0.39, 0.29) is 23.9 Å². The first-order valence-corrected chi connectivity index (χ1v) is 8.70. The monoisotopic (exact) mass is 306 g/mol. The Hall–Kier alpha value is -1.36. The molecule has 0 radical (unpaired) electrons. The molecule has 0 N–H and O–H groups in total. The fourth-order valence-electron chi connectivity index (χ4n) is 3.44. The van der Waals surface area contributed by atoms with Gasteiger partial charge in [-0.15, -0.1) is 0 Å². The van der Waals surface area contributed by atoms with Crippen molar-refractivity contribution in [1.82, 2.24) is 9.80 Å². The molecule has 2 unspecified atom stereocenters. The lowest BCUT2D eigenvalue weighted by atomic mass is 9.94. The summed E-state index contributed by atoms with van der Waals surface area (Å²) in [5, 5.41) is 4.19. The summed E-state index contributed by atoms with van der Waals surface area (Å²) in [5.74, 6) is 0.293. The van der Waals surface area contributed by atoms with Crippen molar-refractivity contribution >= 4 is 23.2 Å². The van der Waals surface area contributed by atoms with Crippen molar-refractivity contribution < 1.29 is 9.59 Å². The lowest BCUT2D eigenvalue weighted by molar-refractivity contribution is -0.164. The Morgan fingerprint density at radius 2 is 2.05 bits per heavy atom. The number of thiophene rings is 1. The molecule has 3 heterocycles. The number of rotatable bonds is 3. The maximum atomic E-state index is 12.8. The van der Waals surface area contributed by atoms with Crippen molar-refractivity contribution in [2.45, 2.75) is 58.2 Å². The molecule has 2 saturated heterocycles. The normalized spacial score (nSPS) is 26.2. The molecule has 2 fully saturated rings. The van der Waals surface area contributed by atoms with Gasteiger partial charge in [0, 0.05) is 13.1 Å². The zero-order valence-electron chi connectivity index (χ0n) is 12.7. The summed E-state index contributed by atoms with van der Waals surface area (Å²) in [7, 11) is 0. The van der Waals surface area contributed by atoms with Gasteiger partial charge in [-0.1, -0.05) is 6.92 Å². The lowest BCUT2D eigenvalue weighted by Gasteiger charge is -2.46. The number of carbonyl (C=O) groups is 2. The van der Waals surface area contributed by atoms with Crippen LogP contribution < -0.4 is 0 Å². The van der Waals surface area contributed by atoms with Gasteiger partial charge in [-0.3, -0.25) is 9.59 Å². The van der Waals surface area contributed by atoms with Gasteiger partial charge < -0.3 is 9.80 Å². The molecule has 0 spiro atoms. The molecule has 1 aromatic heterocycles. The van der Waals surface area contributed by atoms with Gasteiger partial charge in [0.25, 0.3) is 0 Å². The van der Waals surface area contributed by atoms with E-state index in [4.69, 9.17) is 0 Å². The van der Waals surface area contributed by atoms with Crippen LogP contribution in [0.1, 0.15) is 43.7 Å². The molecule has 4 nitrogen and oxygen atoms in total. The summed E-state index contributed by atoms with van der Waals surface area (Å²) < 4.78 is 0. The molecular weight excluding hydrogens is 284 g/mol. The summed E-state index contributed by atoms with van der Waals surface area (Å²) in [4.78, 5) is 29.2. The van der Waals surface area contributed by atoms with Crippen LogP contribution in [0.5, 0.6) is 0 Å². The van der Waals surface area contributed by atoms with Crippen LogP contribution >= 0.6 is 11.3 Å². The van der Waals surface area contributed by atoms with Crippen molar-refractivity contribution in [2.75, 3.05) is 6.54 Å². The number of hydrogen-bond donors (Lipinski definition) is 0. The summed E-state index contributed by atoms with van der Waals surface area (Å²) in [6.07, 6.45) is 3.58. The third-order valence-corrected chi connectivity index (χ3v) is 5.61. The SMILES string of the molecule is CCC1C(=O)N2CCCCC2C(=O)N1Cc1cscc1C. The van der Waals surface area contributed by atoms with E-state index in [1.807, 2.05) is 16.7 Å². The molecule has 5 heteroatoms. The number of nitrogens with zero attached hydrogens (tertiary/aromatic N) is 2. The number of amides is 2. The Bertz CT molecular complexity index is 554.